The number of esters is 1. The molecule has 152 valence electrons. The number of halogens is 1. The summed E-state index contributed by atoms with van der Waals surface area (Å²) in [4.78, 5) is 50.2. The summed E-state index contributed by atoms with van der Waals surface area (Å²) in [6, 6.07) is 4.92. The molecular weight excluding hydrogens is 444 g/mol. The van der Waals surface area contributed by atoms with Gasteiger partial charge in [-0.15, -0.1) is 0 Å². The van der Waals surface area contributed by atoms with E-state index in [1.165, 1.54) is 10.9 Å². The molecule has 3 rings (SSSR count). The Labute approximate surface area is 175 Å². The van der Waals surface area contributed by atoms with Crippen LogP contribution in [0.1, 0.15) is 50.8 Å². The Bertz CT molecular complexity index is 1000. The molecule has 0 aliphatic carbocycles. The number of amides is 3. The lowest BCUT2D eigenvalue weighted by Gasteiger charge is -2.13. The van der Waals surface area contributed by atoms with Crippen molar-refractivity contribution in [1.82, 2.24) is 14.7 Å². The lowest BCUT2D eigenvalue weighted by molar-refractivity contribution is -0.116. The maximum atomic E-state index is 12.4. The number of hydrogen-bond donors (Lipinski definition) is 1. The number of anilines is 1. The molecular formula is C19H19BrN4O5. The number of hydrogen-bond acceptors (Lipinski definition) is 6. The van der Waals surface area contributed by atoms with E-state index >= 15 is 0 Å². The third-order valence-corrected chi connectivity index (χ3v) is 4.90. The van der Waals surface area contributed by atoms with Crippen molar-refractivity contribution in [2.24, 2.45) is 7.05 Å². The van der Waals surface area contributed by atoms with Gasteiger partial charge < -0.3 is 10.1 Å². The average Bonchev–Trinajstić information content (AvgIpc) is 3.14. The fraction of sp³-hybridized carbons (Fsp3) is 0.316. The van der Waals surface area contributed by atoms with Crippen LogP contribution in [-0.4, -0.2) is 51.5 Å². The molecule has 0 bridgehead atoms. The van der Waals surface area contributed by atoms with Gasteiger partial charge in [-0.3, -0.25) is 24.0 Å². The summed E-state index contributed by atoms with van der Waals surface area (Å²) in [5.41, 5.74) is 0.869. The van der Waals surface area contributed by atoms with Crippen LogP contribution in [0.4, 0.5) is 5.82 Å². The summed E-state index contributed by atoms with van der Waals surface area (Å²) in [6.45, 7) is 2.01. The van der Waals surface area contributed by atoms with Crippen LogP contribution >= 0.6 is 15.9 Å². The molecule has 29 heavy (non-hydrogen) atoms. The van der Waals surface area contributed by atoms with E-state index in [0.717, 1.165) is 4.90 Å². The summed E-state index contributed by atoms with van der Waals surface area (Å²) in [6.07, 6.45) is 1.67. The minimum Gasteiger partial charge on any atom is -0.462 e. The van der Waals surface area contributed by atoms with E-state index in [-0.39, 0.29) is 55.1 Å². The highest BCUT2D eigenvalue weighted by Crippen LogP contribution is 2.26. The van der Waals surface area contributed by atoms with E-state index in [9.17, 15) is 19.2 Å². The van der Waals surface area contributed by atoms with Gasteiger partial charge in [-0.1, -0.05) is 15.9 Å². The van der Waals surface area contributed by atoms with Crippen LogP contribution in [0.25, 0.3) is 0 Å². The second kappa shape index (κ2) is 8.56. The van der Waals surface area contributed by atoms with Crippen molar-refractivity contribution < 1.29 is 23.9 Å². The Morgan fingerprint density at radius 1 is 1.21 bits per heavy atom. The topological polar surface area (TPSA) is 111 Å². The van der Waals surface area contributed by atoms with Crippen LogP contribution < -0.4 is 5.32 Å². The molecule has 0 unspecified atom stereocenters. The van der Waals surface area contributed by atoms with E-state index in [1.807, 2.05) is 0 Å². The van der Waals surface area contributed by atoms with E-state index in [4.69, 9.17) is 4.74 Å². The predicted molar refractivity (Wildman–Crippen MR) is 107 cm³/mol. The van der Waals surface area contributed by atoms with Gasteiger partial charge in [0, 0.05) is 24.5 Å². The van der Waals surface area contributed by atoms with Crippen LogP contribution in [0, 0.1) is 0 Å². The molecule has 1 aromatic heterocycles. The van der Waals surface area contributed by atoms with Gasteiger partial charge in [0.1, 0.15) is 11.4 Å². The van der Waals surface area contributed by atoms with Gasteiger partial charge in [-0.05, 0) is 31.5 Å². The summed E-state index contributed by atoms with van der Waals surface area (Å²) >= 11 is 3.29. The lowest BCUT2D eigenvalue weighted by atomic mass is 10.1. The van der Waals surface area contributed by atoms with E-state index in [0.29, 0.717) is 15.6 Å². The van der Waals surface area contributed by atoms with Gasteiger partial charge in [0.2, 0.25) is 5.91 Å². The van der Waals surface area contributed by atoms with Crippen molar-refractivity contribution >= 4 is 45.4 Å². The average molecular weight is 463 g/mol. The number of carbonyl (C=O) groups is 4. The molecule has 1 aliphatic rings. The number of aromatic nitrogens is 2. The Kier molecular flexibility index (Phi) is 6.12. The van der Waals surface area contributed by atoms with Crippen LogP contribution in [0.3, 0.4) is 0 Å². The molecule has 1 aliphatic heterocycles. The maximum absolute atomic E-state index is 12.4. The molecule has 1 N–H and O–H groups in total. The number of imide groups is 1. The molecule has 0 radical (unpaired) electrons. The fourth-order valence-corrected chi connectivity index (χ4v) is 3.36. The van der Waals surface area contributed by atoms with Crippen molar-refractivity contribution in [2.75, 3.05) is 18.5 Å². The van der Waals surface area contributed by atoms with Crippen LogP contribution in [0.2, 0.25) is 0 Å². The van der Waals surface area contributed by atoms with Crippen molar-refractivity contribution in [3.05, 3.63) is 45.6 Å². The second-order valence-electron chi connectivity index (χ2n) is 6.35. The van der Waals surface area contributed by atoms with Gasteiger partial charge in [-0.2, -0.15) is 5.10 Å². The summed E-state index contributed by atoms with van der Waals surface area (Å²) < 4.78 is 7.03. The van der Waals surface area contributed by atoms with E-state index < -0.39 is 5.97 Å². The molecule has 2 aromatic rings. The quantitative estimate of drug-likeness (QED) is 0.499. The van der Waals surface area contributed by atoms with Crippen LogP contribution in [-0.2, 0) is 16.6 Å². The fourth-order valence-electron chi connectivity index (χ4n) is 3.00. The third kappa shape index (κ3) is 4.21. The Morgan fingerprint density at radius 2 is 1.93 bits per heavy atom. The van der Waals surface area contributed by atoms with Gasteiger partial charge in [-0.25, -0.2) is 4.79 Å². The number of carbonyl (C=O) groups excluding carboxylic acids is 4. The molecule has 10 heteroatoms. The number of rotatable bonds is 7. The second-order valence-corrected chi connectivity index (χ2v) is 7.27. The zero-order valence-electron chi connectivity index (χ0n) is 15.9. The smallest absolute Gasteiger partial charge is 0.343 e. The van der Waals surface area contributed by atoms with Crippen molar-refractivity contribution in [2.45, 2.75) is 19.8 Å². The number of aryl methyl sites for hydroxylation is 1. The molecule has 0 spiro atoms. The first kappa shape index (κ1) is 20.7. The molecule has 0 saturated heterocycles. The molecule has 9 nitrogen and oxygen atoms in total. The molecule has 1 aromatic carbocycles. The van der Waals surface area contributed by atoms with Gasteiger partial charge in [0.15, 0.2) is 0 Å². The zero-order chi connectivity index (χ0) is 21.1. The zero-order valence-corrected chi connectivity index (χ0v) is 17.5. The predicted octanol–water partition coefficient (Wildman–Crippen LogP) is 2.37. The summed E-state index contributed by atoms with van der Waals surface area (Å²) in [5.74, 6) is -1.44. The highest BCUT2D eigenvalue weighted by molar-refractivity contribution is 9.10. The van der Waals surface area contributed by atoms with Crippen LogP contribution in [0.15, 0.2) is 28.9 Å². The highest BCUT2D eigenvalue weighted by atomic mass is 79.9. The standard InChI is InChI=1S/C19H19BrN4O5/c1-3-29-19(28)14-10-21-23(2)16(14)22-15(25)5-4-8-24-17(26)12-7-6-11(20)9-13(12)18(24)27/h6-7,9-10H,3-5,8H2,1-2H3,(H,22,25). The highest BCUT2D eigenvalue weighted by Gasteiger charge is 2.35. The molecule has 3 amide bonds. The van der Waals surface area contributed by atoms with E-state index in [2.05, 4.69) is 26.3 Å². The van der Waals surface area contributed by atoms with Gasteiger partial charge in [0.05, 0.1) is 23.9 Å². The van der Waals surface area contributed by atoms with Gasteiger partial charge in [0.25, 0.3) is 11.8 Å². The molecule has 0 saturated carbocycles. The molecule has 0 fully saturated rings. The number of fused-ring (bicyclic) bond motifs is 1. The molecule has 0 atom stereocenters. The SMILES string of the molecule is CCOC(=O)c1cnn(C)c1NC(=O)CCCN1C(=O)c2ccc(Br)cc2C1=O. The maximum Gasteiger partial charge on any atom is 0.343 e. The largest absolute Gasteiger partial charge is 0.462 e. The Hall–Kier alpha value is -3.01. The Balaban J connectivity index is 1.58. The summed E-state index contributed by atoms with van der Waals surface area (Å²) in [5, 5.41) is 6.60. The summed E-state index contributed by atoms with van der Waals surface area (Å²) in [7, 11) is 1.59. The van der Waals surface area contributed by atoms with Gasteiger partial charge >= 0.3 is 5.97 Å². The first-order valence-corrected chi connectivity index (χ1v) is 9.77. The minimum absolute atomic E-state index is 0.0601. The number of nitrogens with zero attached hydrogens (tertiary/aromatic N) is 3. The van der Waals surface area contributed by atoms with E-state index in [1.54, 1.807) is 32.2 Å². The van der Waals surface area contributed by atoms with Crippen molar-refractivity contribution in [1.29, 1.82) is 0 Å². The van der Waals surface area contributed by atoms with Crippen molar-refractivity contribution in [3.63, 3.8) is 0 Å². The first-order valence-electron chi connectivity index (χ1n) is 8.98. The molecule has 2 heterocycles. The Morgan fingerprint density at radius 3 is 2.66 bits per heavy atom. The third-order valence-electron chi connectivity index (χ3n) is 4.41. The first-order chi connectivity index (χ1) is 13.8. The lowest BCUT2D eigenvalue weighted by Crippen LogP contribution is -2.31. The normalized spacial score (nSPS) is 12.9. The minimum atomic E-state index is -0.576. The monoisotopic (exact) mass is 462 g/mol. The number of nitrogens with one attached hydrogen (secondary N) is 1. The number of benzene rings is 1. The van der Waals surface area contributed by atoms with Crippen LogP contribution in [0.5, 0.6) is 0 Å². The number of ether oxygens (including phenoxy) is 1. The van der Waals surface area contributed by atoms with Crippen molar-refractivity contribution in [3.8, 4) is 0 Å².